The number of imidazole rings is 1. The van der Waals surface area contributed by atoms with Crippen LogP contribution in [-0.4, -0.2) is 28.0 Å². The molecule has 3 heterocycles. The number of anilines is 1. The van der Waals surface area contributed by atoms with Gasteiger partial charge in [-0.05, 0) is 12.8 Å². The molecule has 0 atom stereocenters. The summed E-state index contributed by atoms with van der Waals surface area (Å²) in [6.45, 7) is 2.26. The third kappa shape index (κ3) is 1.14. The summed E-state index contributed by atoms with van der Waals surface area (Å²) < 4.78 is 0. The van der Waals surface area contributed by atoms with Gasteiger partial charge in [0.15, 0.2) is 0 Å². The Bertz CT molecular complexity index is 442. The molecule has 0 saturated carbocycles. The molecule has 0 aliphatic carbocycles. The van der Waals surface area contributed by atoms with E-state index in [-0.39, 0.29) is 0 Å². The van der Waals surface area contributed by atoms with Crippen molar-refractivity contribution in [2.75, 3.05) is 18.0 Å². The third-order valence-corrected chi connectivity index (χ3v) is 2.72. The lowest BCUT2D eigenvalue weighted by molar-refractivity contribution is 0.940. The second-order valence-corrected chi connectivity index (χ2v) is 3.66. The Morgan fingerprint density at radius 3 is 2.93 bits per heavy atom. The largest absolute Gasteiger partial charge is 0.357 e. The van der Waals surface area contributed by atoms with Crippen molar-refractivity contribution in [3.63, 3.8) is 0 Å². The maximum absolute atomic E-state index is 4.42. The van der Waals surface area contributed by atoms with E-state index in [1.165, 1.54) is 12.8 Å². The van der Waals surface area contributed by atoms with Gasteiger partial charge in [-0.1, -0.05) is 0 Å². The van der Waals surface area contributed by atoms with Crippen molar-refractivity contribution in [1.29, 1.82) is 0 Å². The van der Waals surface area contributed by atoms with E-state index in [2.05, 4.69) is 25.9 Å². The van der Waals surface area contributed by atoms with E-state index in [1.54, 1.807) is 6.33 Å². The molecule has 0 bridgehead atoms. The van der Waals surface area contributed by atoms with Gasteiger partial charge in [0.25, 0.3) is 0 Å². The minimum Gasteiger partial charge on any atom is -0.357 e. The fourth-order valence-electron chi connectivity index (χ4n) is 1.94. The first-order chi connectivity index (χ1) is 6.93. The number of nitrogens with one attached hydrogen (secondary N) is 1. The predicted octanol–water partition coefficient (Wildman–Crippen LogP) is 1.56. The molecule has 1 saturated heterocycles. The van der Waals surface area contributed by atoms with Gasteiger partial charge in [-0.15, -0.1) is 0 Å². The zero-order valence-corrected chi connectivity index (χ0v) is 7.90. The van der Waals surface area contributed by atoms with Crippen LogP contribution < -0.4 is 4.90 Å². The Morgan fingerprint density at radius 1 is 1.21 bits per heavy atom. The normalized spacial score (nSPS) is 16.7. The van der Waals surface area contributed by atoms with Crippen LogP contribution >= 0.6 is 0 Å². The van der Waals surface area contributed by atoms with Crippen LogP contribution in [0.2, 0.25) is 0 Å². The van der Waals surface area contributed by atoms with Crippen LogP contribution in [0, 0.1) is 0 Å². The lowest BCUT2D eigenvalue weighted by atomic mass is 10.4. The molecule has 3 rings (SSSR count). The molecular weight excluding hydrogens is 176 g/mol. The number of nitrogens with zero attached hydrogens (tertiary/aromatic N) is 3. The molecule has 0 spiro atoms. The first-order valence-corrected chi connectivity index (χ1v) is 4.97. The van der Waals surface area contributed by atoms with Crippen molar-refractivity contribution < 1.29 is 0 Å². The van der Waals surface area contributed by atoms with Crippen molar-refractivity contribution in [2.45, 2.75) is 12.8 Å². The molecule has 4 heteroatoms. The molecular formula is C10H12N4. The van der Waals surface area contributed by atoms with Gasteiger partial charge in [0, 0.05) is 19.2 Å². The van der Waals surface area contributed by atoms with E-state index in [9.17, 15) is 0 Å². The van der Waals surface area contributed by atoms with Crippen molar-refractivity contribution in [3.05, 3.63) is 18.6 Å². The molecule has 1 N–H and O–H groups in total. The van der Waals surface area contributed by atoms with Gasteiger partial charge in [0.05, 0.1) is 23.6 Å². The maximum atomic E-state index is 4.42. The number of aromatic amines is 1. The maximum Gasteiger partial charge on any atom is 0.130 e. The van der Waals surface area contributed by atoms with Gasteiger partial charge in [0.2, 0.25) is 0 Å². The van der Waals surface area contributed by atoms with Gasteiger partial charge in [-0.25, -0.2) is 9.97 Å². The van der Waals surface area contributed by atoms with E-state index < -0.39 is 0 Å². The van der Waals surface area contributed by atoms with E-state index in [4.69, 9.17) is 0 Å². The molecule has 4 nitrogen and oxygen atoms in total. The summed E-state index contributed by atoms with van der Waals surface area (Å²) in [7, 11) is 0. The van der Waals surface area contributed by atoms with Crippen LogP contribution in [0.15, 0.2) is 18.6 Å². The number of rotatable bonds is 1. The van der Waals surface area contributed by atoms with Crippen LogP contribution in [-0.2, 0) is 0 Å². The fraction of sp³-hybridized carbons (Fsp3) is 0.400. The summed E-state index contributed by atoms with van der Waals surface area (Å²) in [5.41, 5.74) is 2.01. The van der Waals surface area contributed by atoms with Gasteiger partial charge < -0.3 is 9.88 Å². The summed E-state index contributed by atoms with van der Waals surface area (Å²) in [4.78, 5) is 14.0. The Kier molecular flexibility index (Phi) is 1.65. The van der Waals surface area contributed by atoms with E-state index >= 15 is 0 Å². The van der Waals surface area contributed by atoms with Crippen molar-refractivity contribution in [1.82, 2.24) is 15.0 Å². The minimum atomic E-state index is 1.00. The summed E-state index contributed by atoms with van der Waals surface area (Å²) in [6, 6.07) is 2.05. The number of hydrogen-bond donors (Lipinski definition) is 1. The van der Waals surface area contributed by atoms with Gasteiger partial charge in [-0.2, -0.15) is 0 Å². The molecule has 72 valence electrons. The highest BCUT2D eigenvalue weighted by molar-refractivity contribution is 5.76. The molecule has 1 aliphatic heterocycles. The molecule has 1 aliphatic rings. The Balaban J connectivity index is 2.04. The molecule has 2 aromatic rings. The molecule has 0 amide bonds. The van der Waals surface area contributed by atoms with Gasteiger partial charge in [0.1, 0.15) is 5.82 Å². The Morgan fingerprint density at radius 2 is 2.07 bits per heavy atom. The van der Waals surface area contributed by atoms with E-state index in [1.807, 2.05) is 6.20 Å². The van der Waals surface area contributed by atoms with Crippen LogP contribution in [0.3, 0.4) is 0 Å². The number of pyridine rings is 1. The highest BCUT2D eigenvalue weighted by atomic mass is 15.2. The fourth-order valence-corrected chi connectivity index (χ4v) is 1.94. The molecule has 1 fully saturated rings. The Labute approximate surface area is 82.0 Å². The lowest BCUT2D eigenvalue weighted by Gasteiger charge is -2.15. The highest BCUT2D eigenvalue weighted by Crippen LogP contribution is 2.20. The van der Waals surface area contributed by atoms with Gasteiger partial charge in [-0.3, -0.25) is 0 Å². The van der Waals surface area contributed by atoms with Crippen molar-refractivity contribution in [3.8, 4) is 0 Å². The lowest BCUT2D eigenvalue weighted by Crippen LogP contribution is -2.18. The smallest absolute Gasteiger partial charge is 0.130 e. The summed E-state index contributed by atoms with van der Waals surface area (Å²) in [5.74, 6) is 1.06. The summed E-state index contributed by atoms with van der Waals surface area (Å²) in [5, 5.41) is 0. The van der Waals surface area contributed by atoms with E-state index in [0.717, 1.165) is 29.9 Å². The number of fused-ring (bicyclic) bond motifs is 1. The topological polar surface area (TPSA) is 44.8 Å². The molecule has 0 unspecified atom stereocenters. The third-order valence-electron chi connectivity index (χ3n) is 2.72. The monoisotopic (exact) mass is 188 g/mol. The minimum absolute atomic E-state index is 1.00. The second-order valence-electron chi connectivity index (χ2n) is 3.66. The highest BCUT2D eigenvalue weighted by Gasteiger charge is 2.13. The summed E-state index contributed by atoms with van der Waals surface area (Å²) in [6.07, 6.45) is 6.12. The van der Waals surface area contributed by atoms with Crippen LogP contribution in [0.25, 0.3) is 11.0 Å². The molecule has 0 aromatic carbocycles. The average Bonchev–Trinajstić information content (AvgIpc) is 2.88. The van der Waals surface area contributed by atoms with Crippen LogP contribution in [0.5, 0.6) is 0 Å². The number of hydrogen-bond acceptors (Lipinski definition) is 3. The first-order valence-electron chi connectivity index (χ1n) is 4.97. The quantitative estimate of drug-likeness (QED) is 0.738. The van der Waals surface area contributed by atoms with Crippen LogP contribution in [0.4, 0.5) is 5.82 Å². The van der Waals surface area contributed by atoms with Crippen molar-refractivity contribution in [2.24, 2.45) is 0 Å². The average molecular weight is 188 g/mol. The first kappa shape index (κ1) is 7.79. The zero-order chi connectivity index (χ0) is 9.38. The molecule has 2 aromatic heterocycles. The van der Waals surface area contributed by atoms with Crippen LogP contribution in [0.1, 0.15) is 12.8 Å². The zero-order valence-electron chi connectivity index (χ0n) is 7.90. The predicted molar refractivity (Wildman–Crippen MR) is 55.3 cm³/mol. The number of aromatic nitrogens is 3. The second kappa shape index (κ2) is 2.97. The Hall–Kier alpha value is -1.58. The summed E-state index contributed by atoms with van der Waals surface area (Å²) >= 11 is 0. The SMILES string of the molecule is c1nc2cc(N3CCCC3)ncc2[nH]1. The standard InChI is InChI=1S/C10H12N4/c1-2-4-14(3-1)10-5-8-9(6-11-10)13-7-12-8/h5-7H,1-4H2,(H,12,13). The molecule has 0 radical (unpaired) electrons. The van der Waals surface area contributed by atoms with Gasteiger partial charge >= 0.3 is 0 Å². The van der Waals surface area contributed by atoms with Crippen molar-refractivity contribution >= 4 is 16.9 Å². The van der Waals surface area contributed by atoms with E-state index in [0.29, 0.717) is 0 Å². The molecule has 14 heavy (non-hydrogen) atoms. The number of H-pyrrole nitrogens is 1.